The monoisotopic (exact) mass is 294 g/mol. The minimum Gasteiger partial charge on any atom is -0.355 e. The molecule has 21 heavy (non-hydrogen) atoms. The Morgan fingerprint density at radius 3 is 2.29 bits per heavy atom. The molecule has 2 aliphatic rings. The molecule has 0 aromatic rings. The van der Waals surface area contributed by atoms with Crippen molar-refractivity contribution in [3.05, 3.63) is 0 Å². The summed E-state index contributed by atoms with van der Waals surface area (Å²) in [5.74, 6) is 1.67. The van der Waals surface area contributed by atoms with Gasteiger partial charge in [-0.05, 0) is 31.6 Å². The van der Waals surface area contributed by atoms with E-state index in [0.29, 0.717) is 24.9 Å². The molecule has 0 atom stereocenters. The average Bonchev–Trinajstić information content (AvgIpc) is 3.15. The lowest BCUT2D eigenvalue weighted by atomic mass is 10.0. The van der Waals surface area contributed by atoms with Gasteiger partial charge in [0.1, 0.15) is 0 Å². The summed E-state index contributed by atoms with van der Waals surface area (Å²) < 4.78 is 0. The molecule has 3 N–H and O–H groups in total. The molecule has 5 nitrogen and oxygen atoms in total. The van der Waals surface area contributed by atoms with Gasteiger partial charge in [0.05, 0.1) is 0 Å². The van der Waals surface area contributed by atoms with E-state index in [-0.39, 0.29) is 5.91 Å². The van der Waals surface area contributed by atoms with E-state index in [2.05, 4.69) is 20.9 Å². The second kappa shape index (κ2) is 8.90. The first kappa shape index (κ1) is 16.1. The quantitative estimate of drug-likeness (QED) is 0.397. The zero-order valence-electron chi connectivity index (χ0n) is 13.3. The maximum absolute atomic E-state index is 11.8. The predicted octanol–water partition coefficient (Wildman–Crippen LogP) is 1.79. The molecular formula is C16H30N4O. The van der Waals surface area contributed by atoms with E-state index in [1.807, 2.05) is 0 Å². The van der Waals surface area contributed by atoms with E-state index >= 15 is 0 Å². The second-order valence-electron chi connectivity index (χ2n) is 6.33. The van der Waals surface area contributed by atoms with Gasteiger partial charge in [-0.15, -0.1) is 0 Å². The number of hydrogen-bond donors (Lipinski definition) is 3. The second-order valence-corrected chi connectivity index (χ2v) is 6.33. The van der Waals surface area contributed by atoms with Crippen LogP contribution in [0.5, 0.6) is 0 Å². The summed E-state index contributed by atoms with van der Waals surface area (Å²) in [4.78, 5) is 16.0. The van der Waals surface area contributed by atoms with E-state index in [4.69, 9.17) is 0 Å². The Balaban J connectivity index is 1.54. The van der Waals surface area contributed by atoms with Crippen molar-refractivity contribution in [2.75, 3.05) is 20.1 Å². The first-order valence-electron chi connectivity index (χ1n) is 8.52. The van der Waals surface area contributed by atoms with Crippen LogP contribution < -0.4 is 16.0 Å². The molecule has 2 rings (SSSR count). The van der Waals surface area contributed by atoms with Crippen LogP contribution in [-0.2, 0) is 4.79 Å². The maximum atomic E-state index is 11.8. The average molecular weight is 294 g/mol. The summed E-state index contributed by atoms with van der Waals surface area (Å²) >= 11 is 0. The van der Waals surface area contributed by atoms with Crippen LogP contribution in [0.1, 0.15) is 57.8 Å². The summed E-state index contributed by atoms with van der Waals surface area (Å²) in [5, 5.41) is 9.71. The molecule has 120 valence electrons. The van der Waals surface area contributed by atoms with Gasteiger partial charge >= 0.3 is 0 Å². The lowest BCUT2D eigenvalue weighted by Gasteiger charge is -2.17. The van der Waals surface area contributed by atoms with Gasteiger partial charge in [0, 0.05) is 32.6 Å². The number of aliphatic imine (C=N–C) groups is 1. The normalized spacial score (nSPS) is 20.7. The molecule has 5 heteroatoms. The van der Waals surface area contributed by atoms with Crippen molar-refractivity contribution in [1.82, 2.24) is 16.0 Å². The summed E-state index contributed by atoms with van der Waals surface area (Å²) in [6, 6.07) is 0.563. The van der Waals surface area contributed by atoms with Crippen LogP contribution in [-0.4, -0.2) is 38.0 Å². The Labute approximate surface area is 128 Å². The van der Waals surface area contributed by atoms with Gasteiger partial charge in [0.2, 0.25) is 5.91 Å². The van der Waals surface area contributed by atoms with Gasteiger partial charge in [0.25, 0.3) is 0 Å². The molecule has 2 aliphatic carbocycles. The highest BCUT2D eigenvalue weighted by Gasteiger charge is 2.18. The van der Waals surface area contributed by atoms with Crippen molar-refractivity contribution >= 4 is 11.9 Å². The first-order chi connectivity index (χ1) is 10.3. The van der Waals surface area contributed by atoms with E-state index in [1.165, 1.54) is 51.4 Å². The molecule has 0 aliphatic heterocycles. The number of carbonyl (C=O) groups excluding carboxylic acids is 1. The van der Waals surface area contributed by atoms with Crippen LogP contribution in [0.25, 0.3) is 0 Å². The van der Waals surface area contributed by atoms with Gasteiger partial charge < -0.3 is 16.0 Å². The first-order valence-corrected chi connectivity index (χ1v) is 8.52. The minimum atomic E-state index is 0.197. The van der Waals surface area contributed by atoms with Crippen molar-refractivity contribution in [3.8, 4) is 0 Å². The van der Waals surface area contributed by atoms with E-state index in [1.54, 1.807) is 7.05 Å². The largest absolute Gasteiger partial charge is 0.355 e. The fourth-order valence-corrected chi connectivity index (χ4v) is 3.39. The minimum absolute atomic E-state index is 0.197. The summed E-state index contributed by atoms with van der Waals surface area (Å²) in [6.45, 7) is 1.39. The lowest BCUT2D eigenvalue weighted by Crippen LogP contribution is -2.45. The maximum Gasteiger partial charge on any atom is 0.220 e. The summed E-state index contributed by atoms with van der Waals surface area (Å²) in [6.07, 6.45) is 10.8. The molecule has 0 bridgehead atoms. The molecule has 0 aromatic heterocycles. The van der Waals surface area contributed by atoms with Crippen molar-refractivity contribution in [3.63, 3.8) is 0 Å². The topological polar surface area (TPSA) is 65.5 Å². The number of amides is 1. The van der Waals surface area contributed by atoms with E-state index < -0.39 is 0 Å². The van der Waals surface area contributed by atoms with Gasteiger partial charge in [-0.25, -0.2) is 0 Å². The molecule has 2 saturated carbocycles. The Kier molecular flexibility index (Phi) is 6.83. The van der Waals surface area contributed by atoms with Gasteiger partial charge in [0.15, 0.2) is 5.96 Å². The molecule has 2 fully saturated rings. The number of rotatable bonds is 6. The van der Waals surface area contributed by atoms with Crippen molar-refractivity contribution in [2.24, 2.45) is 10.9 Å². The third-order valence-corrected chi connectivity index (χ3v) is 4.61. The van der Waals surface area contributed by atoms with Crippen LogP contribution >= 0.6 is 0 Å². The molecule has 0 spiro atoms. The molecule has 0 saturated heterocycles. The molecule has 0 unspecified atom stereocenters. The third kappa shape index (κ3) is 5.94. The third-order valence-electron chi connectivity index (χ3n) is 4.61. The number of guanidine groups is 1. The van der Waals surface area contributed by atoms with Crippen LogP contribution in [0, 0.1) is 5.92 Å². The Hall–Kier alpha value is -1.26. The summed E-state index contributed by atoms with van der Waals surface area (Å²) in [7, 11) is 1.79. The van der Waals surface area contributed by atoms with Crippen LogP contribution in [0.15, 0.2) is 4.99 Å². The van der Waals surface area contributed by atoms with E-state index in [0.717, 1.165) is 12.5 Å². The number of carbonyl (C=O) groups is 1. The van der Waals surface area contributed by atoms with Gasteiger partial charge in [-0.2, -0.15) is 0 Å². The fraction of sp³-hybridized carbons (Fsp3) is 0.875. The van der Waals surface area contributed by atoms with Crippen molar-refractivity contribution in [1.29, 1.82) is 0 Å². The highest BCUT2D eigenvalue weighted by Crippen LogP contribution is 2.27. The zero-order chi connectivity index (χ0) is 14.9. The Bertz CT molecular complexity index is 344. The fourth-order valence-electron chi connectivity index (χ4n) is 3.39. The zero-order valence-corrected chi connectivity index (χ0v) is 13.3. The van der Waals surface area contributed by atoms with Crippen LogP contribution in [0.2, 0.25) is 0 Å². The predicted molar refractivity (Wildman–Crippen MR) is 86.3 cm³/mol. The smallest absolute Gasteiger partial charge is 0.220 e. The Morgan fingerprint density at radius 1 is 1.00 bits per heavy atom. The van der Waals surface area contributed by atoms with Crippen molar-refractivity contribution in [2.45, 2.75) is 63.8 Å². The number of nitrogens with one attached hydrogen (secondary N) is 3. The van der Waals surface area contributed by atoms with Crippen LogP contribution in [0.3, 0.4) is 0 Å². The molecule has 0 radical (unpaired) electrons. The molecule has 0 heterocycles. The SMILES string of the molecule is CN=C(NCCNC(=O)CC1CCCC1)NC1CCCC1. The summed E-state index contributed by atoms with van der Waals surface area (Å²) in [5.41, 5.74) is 0. The van der Waals surface area contributed by atoms with Gasteiger partial charge in [-0.1, -0.05) is 25.7 Å². The Morgan fingerprint density at radius 2 is 1.62 bits per heavy atom. The lowest BCUT2D eigenvalue weighted by molar-refractivity contribution is -0.121. The number of nitrogens with zero attached hydrogens (tertiary/aromatic N) is 1. The molecule has 0 aromatic carbocycles. The van der Waals surface area contributed by atoms with E-state index in [9.17, 15) is 4.79 Å². The number of hydrogen-bond acceptors (Lipinski definition) is 2. The van der Waals surface area contributed by atoms with Crippen molar-refractivity contribution < 1.29 is 4.79 Å². The standard InChI is InChI=1S/C16H30N4O/c1-17-16(20-14-8-4-5-9-14)19-11-10-18-15(21)12-13-6-2-3-7-13/h13-14H,2-12H2,1H3,(H,18,21)(H2,17,19,20). The molecule has 1 amide bonds. The molecular weight excluding hydrogens is 264 g/mol. The highest BCUT2D eigenvalue weighted by molar-refractivity contribution is 5.80. The highest BCUT2D eigenvalue weighted by atomic mass is 16.1. The van der Waals surface area contributed by atoms with Crippen LogP contribution in [0.4, 0.5) is 0 Å². The van der Waals surface area contributed by atoms with Gasteiger partial charge in [-0.3, -0.25) is 9.79 Å².